The van der Waals surface area contributed by atoms with Gasteiger partial charge in [0.15, 0.2) is 0 Å². The van der Waals surface area contributed by atoms with Crippen molar-refractivity contribution in [1.82, 2.24) is 24.6 Å². The lowest BCUT2D eigenvalue weighted by Gasteiger charge is -2.32. The lowest BCUT2D eigenvalue weighted by molar-refractivity contribution is -0.130. The first-order valence-corrected chi connectivity index (χ1v) is 11.3. The minimum absolute atomic E-state index is 0.0456. The third-order valence-electron chi connectivity index (χ3n) is 6.46. The number of amides is 1. The second kappa shape index (κ2) is 8.69. The molecule has 0 bridgehead atoms. The summed E-state index contributed by atoms with van der Waals surface area (Å²) < 4.78 is 14.8. The van der Waals surface area contributed by atoms with Gasteiger partial charge in [-0.05, 0) is 55.5 Å². The number of hydrogen-bond donors (Lipinski definition) is 2. The van der Waals surface area contributed by atoms with Gasteiger partial charge in [-0.25, -0.2) is 9.37 Å². The SMILES string of the molecule is CC(=O)N1CCCC(c2[nH]n(-c3nc4ccccc4[nH]3)c(=O)c2CCc2ccc(F)cc2)C1. The van der Waals surface area contributed by atoms with Gasteiger partial charge in [0.1, 0.15) is 5.82 Å². The molecule has 1 aliphatic heterocycles. The number of fused-ring (bicyclic) bond motifs is 1. The van der Waals surface area contributed by atoms with Crippen molar-refractivity contribution >= 4 is 16.9 Å². The van der Waals surface area contributed by atoms with Gasteiger partial charge < -0.3 is 9.88 Å². The Balaban J connectivity index is 1.53. The van der Waals surface area contributed by atoms with Gasteiger partial charge in [0, 0.05) is 37.2 Å². The zero-order chi connectivity index (χ0) is 22.9. The van der Waals surface area contributed by atoms with Crippen LogP contribution in [0.2, 0.25) is 0 Å². The van der Waals surface area contributed by atoms with Crippen LogP contribution in [-0.4, -0.2) is 43.6 Å². The summed E-state index contributed by atoms with van der Waals surface area (Å²) in [5.74, 6) is 0.255. The first-order chi connectivity index (χ1) is 16.0. The van der Waals surface area contributed by atoms with Crippen molar-refractivity contribution in [2.24, 2.45) is 0 Å². The number of para-hydroxylation sites is 2. The van der Waals surface area contributed by atoms with Gasteiger partial charge in [-0.15, -0.1) is 0 Å². The molecular weight excluding hydrogens is 421 g/mol. The molecule has 1 unspecified atom stereocenters. The molecule has 1 aliphatic rings. The van der Waals surface area contributed by atoms with Crippen molar-refractivity contribution in [3.05, 3.63) is 81.5 Å². The molecule has 0 saturated carbocycles. The number of carbonyl (C=O) groups excluding carboxylic acids is 1. The second-order valence-electron chi connectivity index (χ2n) is 8.65. The van der Waals surface area contributed by atoms with Crippen molar-refractivity contribution in [2.45, 2.75) is 38.5 Å². The van der Waals surface area contributed by atoms with E-state index in [1.54, 1.807) is 19.1 Å². The van der Waals surface area contributed by atoms with Crippen molar-refractivity contribution < 1.29 is 9.18 Å². The molecule has 5 rings (SSSR count). The molecule has 3 heterocycles. The average Bonchev–Trinajstić information content (AvgIpc) is 3.39. The molecule has 2 N–H and O–H groups in total. The van der Waals surface area contributed by atoms with Gasteiger partial charge in [-0.2, -0.15) is 4.68 Å². The minimum Gasteiger partial charge on any atom is -0.342 e. The van der Waals surface area contributed by atoms with Gasteiger partial charge in [0.25, 0.3) is 5.56 Å². The molecule has 4 aromatic rings. The third-order valence-corrected chi connectivity index (χ3v) is 6.46. The highest BCUT2D eigenvalue weighted by molar-refractivity contribution is 5.76. The summed E-state index contributed by atoms with van der Waals surface area (Å²) in [6.07, 6.45) is 2.91. The fourth-order valence-electron chi connectivity index (χ4n) is 4.68. The number of likely N-dealkylation sites (tertiary alicyclic amines) is 1. The molecule has 8 heteroatoms. The number of aromatic nitrogens is 4. The Morgan fingerprint density at radius 2 is 1.94 bits per heavy atom. The maximum Gasteiger partial charge on any atom is 0.277 e. The number of H-pyrrole nitrogens is 2. The van der Waals surface area contributed by atoms with Crippen LogP contribution in [0.15, 0.2) is 53.3 Å². The first-order valence-electron chi connectivity index (χ1n) is 11.3. The van der Waals surface area contributed by atoms with E-state index in [2.05, 4.69) is 15.1 Å². The zero-order valence-corrected chi connectivity index (χ0v) is 18.5. The van der Waals surface area contributed by atoms with Crippen molar-refractivity contribution in [3.8, 4) is 5.95 Å². The van der Waals surface area contributed by atoms with Crippen molar-refractivity contribution in [3.63, 3.8) is 0 Å². The topological polar surface area (TPSA) is 86.8 Å². The summed E-state index contributed by atoms with van der Waals surface area (Å²) in [4.78, 5) is 35.2. The molecule has 170 valence electrons. The molecule has 0 spiro atoms. The van der Waals surface area contributed by atoms with E-state index < -0.39 is 0 Å². The van der Waals surface area contributed by atoms with E-state index in [9.17, 15) is 14.0 Å². The van der Waals surface area contributed by atoms with E-state index in [0.717, 1.165) is 41.7 Å². The van der Waals surface area contributed by atoms with Gasteiger partial charge in [-0.1, -0.05) is 24.3 Å². The first kappa shape index (κ1) is 21.2. The van der Waals surface area contributed by atoms with Gasteiger partial charge in [0.05, 0.1) is 11.0 Å². The monoisotopic (exact) mass is 447 g/mol. The minimum atomic E-state index is -0.278. The highest BCUT2D eigenvalue weighted by Gasteiger charge is 2.28. The molecule has 1 fully saturated rings. The molecule has 1 amide bonds. The molecule has 2 aromatic heterocycles. The smallest absolute Gasteiger partial charge is 0.277 e. The van der Waals surface area contributed by atoms with Crippen LogP contribution in [0.5, 0.6) is 0 Å². The number of aromatic amines is 2. The number of nitrogens with zero attached hydrogens (tertiary/aromatic N) is 3. The van der Waals surface area contributed by atoms with E-state index in [1.807, 2.05) is 29.2 Å². The number of nitrogens with one attached hydrogen (secondary N) is 2. The predicted molar refractivity (Wildman–Crippen MR) is 124 cm³/mol. The number of piperidine rings is 1. The number of carbonyl (C=O) groups is 1. The Labute approximate surface area is 190 Å². The highest BCUT2D eigenvalue weighted by Crippen LogP contribution is 2.28. The summed E-state index contributed by atoms with van der Waals surface area (Å²) in [6, 6.07) is 14.0. The normalized spacial score (nSPS) is 16.4. The molecular formula is C25H26FN5O2. The maximum absolute atomic E-state index is 13.5. The third kappa shape index (κ3) is 4.20. The molecule has 1 atom stereocenters. The Hall–Kier alpha value is -3.68. The highest BCUT2D eigenvalue weighted by atomic mass is 19.1. The quantitative estimate of drug-likeness (QED) is 0.489. The van der Waals surface area contributed by atoms with E-state index in [-0.39, 0.29) is 23.2 Å². The Morgan fingerprint density at radius 3 is 2.70 bits per heavy atom. The molecule has 33 heavy (non-hydrogen) atoms. The van der Waals surface area contributed by atoms with E-state index in [0.29, 0.717) is 30.9 Å². The predicted octanol–water partition coefficient (Wildman–Crippen LogP) is 3.69. The Kier molecular flexibility index (Phi) is 5.58. The van der Waals surface area contributed by atoms with Crippen molar-refractivity contribution in [1.29, 1.82) is 0 Å². The molecule has 2 aromatic carbocycles. The fourth-order valence-corrected chi connectivity index (χ4v) is 4.68. The number of aryl methyl sites for hydroxylation is 1. The number of imidazole rings is 1. The van der Waals surface area contributed by atoms with Crippen LogP contribution in [0, 0.1) is 5.82 Å². The molecule has 1 saturated heterocycles. The van der Waals surface area contributed by atoms with Crippen LogP contribution in [0.3, 0.4) is 0 Å². The molecule has 0 radical (unpaired) electrons. The second-order valence-corrected chi connectivity index (χ2v) is 8.65. The molecule has 7 nitrogen and oxygen atoms in total. The average molecular weight is 448 g/mol. The van der Waals surface area contributed by atoms with Crippen LogP contribution < -0.4 is 5.56 Å². The van der Waals surface area contributed by atoms with E-state index in [1.165, 1.54) is 16.8 Å². The molecule has 0 aliphatic carbocycles. The maximum atomic E-state index is 13.5. The number of rotatable bonds is 5. The van der Waals surface area contributed by atoms with Gasteiger partial charge in [0.2, 0.25) is 11.9 Å². The summed E-state index contributed by atoms with van der Waals surface area (Å²) in [7, 11) is 0. The number of hydrogen-bond acceptors (Lipinski definition) is 3. The number of benzene rings is 2. The largest absolute Gasteiger partial charge is 0.342 e. The lowest BCUT2D eigenvalue weighted by Crippen LogP contribution is -2.38. The van der Waals surface area contributed by atoms with Crippen LogP contribution in [0.1, 0.15) is 42.5 Å². The lowest BCUT2D eigenvalue weighted by atomic mass is 9.91. The summed E-state index contributed by atoms with van der Waals surface area (Å²) >= 11 is 0. The summed E-state index contributed by atoms with van der Waals surface area (Å²) in [5, 5.41) is 3.31. The van der Waals surface area contributed by atoms with Crippen LogP contribution in [0.4, 0.5) is 4.39 Å². The van der Waals surface area contributed by atoms with Gasteiger partial charge in [-0.3, -0.25) is 14.7 Å². The van der Waals surface area contributed by atoms with Crippen molar-refractivity contribution in [2.75, 3.05) is 13.1 Å². The van der Waals surface area contributed by atoms with Gasteiger partial charge >= 0.3 is 0 Å². The van der Waals surface area contributed by atoms with Crippen LogP contribution in [-0.2, 0) is 17.6 Å². The van der Waals surface area contributed by atoms with E-state index in [4.69, 9.17) is 0 Å². The fraction of sp³-hybridized carbons (Fsp3) is 0.320. The van der Waals surface area contributed by atoms with Crippen LogP contribution >= 0.6 is 0 Å². The van der Waals surface area contributed by atoms with E-state index >= 15 is 0 Å². The van der Waals surface area contributed by atoms with Crippen LogP contribution in [0.25, 0.3) is 17.0 Å². The zero-order valence-electron chi connectivity index (χ0n) is 18.5. The standard InChI is InChI=1S/C25H26FN5O2/c1-16(32)30-14-4-5-18(15-30)23-20(13-10-17-8-11-19(26)12-9-17)24(33)31(29-23)25-27-21-6-2-3-7-22(21)28-25/h2-3,6-9,11-12,18,29H,4-5,10,13-15H2,1H3,(H,27,28). The number of halogens is 1. The summed E-state index contributed by atoms with van der Waals surface area (Å²) in [5.41, 5.74) is 4.00. The summed E-state index contributed by atoms with van der Waals surface area (Å²) in [6.45, 7) is 2.91. The Morgan fingerprint density at radius 1 is 1.15 bits per heavy atom. The Bertz CT molecular complexity index is 1320.